The van der Waals surface area contributed by atoms with Crippen molar-refractivity contribution < 1.29 is 13.2 Å². The van der Waals surface area contributed by atoms with E-state index in [1.165, 1.54) is 24.3 Å². The number of sulfonamides is 1. The molecule has 0 aliphatic rings. The van der Waals surface area contributed by atoms with Gasteiger partial charge in [-0.15, -0.1) is 0 Å². The van der Waals surface area contributed by atoms with Crippen molar-refractivity contribution in [3.63, 3.8) is 0 Å². The van der Waals surface area contributed by atoms with Crippen molar-refractivity contribution in [3.8, 4) is 6.07 Å². The third-order valence-electron chi connectivity index (χ3n) is 4.31. The number of halogens is 2. The van der Waals surface area contributed by atoms with Gasteiger partial charge in [-0.1, -0.05) is 59.6 Å². The highest BCUT2D eigenvalue weighted by Crippen LogP contribution is 2.28. The number of amides is 1. The first-order valence-electron chi connectivity index (χ1n) is 9.09. The molecule has 3 aromatic rings. The van der Waals surface area contributed by atoms with Crippen LogP contribution in [0, 0.1) is 11.3 Å². The number of benzene rings is 3. The van der Waals surface area contributed by atoms with Crippen LogP contribution in [0.3, 0.4) is 0 Å². The number of carbonyl (C=O) groups excluding carboxylic acids is 1. The zero-order valence-corrected chi connectivity index (χ0v) is 18.5. The zero-order chi connectivity index (χ0) is 22.4. The second-order valence-electron chi connectivity index (χ2n) is 6.57. The smallest absolute Gasteiger partial charge is 0.245 e. The van der Waals surface area contributed by atoms with Gasteiger partial charge in [-0.2, -0.15) is 9.57 Å². The molecule has 1 N–H and O–H groups in total. The number of hydrogen-bond donors (Lipinski definition) is 1. The summed E-state index contributed by atoms with van der Waals surface area (Å²) in [5, 5.41) is 11.9. The molecule has 0 bridgehead atoms. The maximum absolute atomic E-state index is 13.3. The Morgan fingerprint density at radius 3 is 2.42 bits per heavy atom. The van der Waals surface area contributed by atoms with Crippen LogP contribution < -0.4 is 5.32 Å². The van der Waals surface area contributed by atoms with Crippen LogP contribution in [0.5, 0.6) is 0 Å². The predicted octanol–water partition coefficient (Wildman–Crippen LogP) is 4.69. The second-order valence-corrected chi connectivity index (χ2v) is 9.32. The summed E-state index contributed by atoms with van der Waals surface area (Å²) in [6.45, 7) is -0.485. The molecule has 3 aromatic carbocycles. The molecule has 0 saturated carbocycles. The largest absolute Gasteiger partial charge is 0.325 e. The predicted molar refractivity (Wildman–Crippen MR) is 120 cm³/mol. The molecule has 0 heterocycles. The van der Waals surface area contributed by atoms with Crippen molar-refractivity contribution in [2.24, 2.45) is 0 Å². The summed E-state index contributed by atoms with van der Waals surface area (Å²) in [4.78, 5) is 12.5. The number of carbonyl (C=O) groups is 1. The van der Waals surface area contributed by atoms with Crippen LogP contribution in [0.2, 0.25) is 10.0 Å². The topological polar surface area (TPSA) is 90.3 Å². The van der Waals surface area contributed by atoms with E-state index in [0.717, 1.165) is 4.31 Å². The van der Waals surface area contributed by atoms with Gasteiger partial charge >= 0.3 is 0 Å². The van der Waals surface area contributed by atoms with Gasteiger partial charge in [0.1, 0.15) is 4.90 Å². The van der Waals surface area contributed by atoms with Gasteiger partial charge in [-0.3, -0.25) is 4.79 Å². The van der Waals surface area contributed by atoms with Gasteiger partial charge in [0.2, 0.25) is 15.9 Å². The Labute approximate surface area is 190 Å². The van der Waals surface area contributed by atoms with Crippen molar-refractivity contribution in [1.82, 2.24) is 4.31 Å². The molecule has 9 heteroatoms. The fraction of sp³-hybridized carbons (Fsp3) is 0.0909. The van der Waals surface area contributed by atoms with E-state index in [1.54, 1.807) is 42.5 Å². The van der Waals surface area contributed by atoms with E-state index in [4.69, 9.17) is 28.5 Å². The molecule has 0 aromatic heterocycles. The van der Waals surface area contributed by atoms with Gasteiger partial charge in [0.05, 0.1) is 23.2 Å². The van der Waals surface area contributed by atoms with E-state index in [9.17, 15) is 13.2 Å². The lowest BCUT2D eigenvalue weighted by Crippen LogP contribution is -2.37. The highest BCUT2D eigenvalue weighted by atomic mass is 35.5. The Morgan fingerprint density at radius 1 is 1.00 bits per heavy atom. The van der Waals surface area contributed by atoms with Gasteiger partial charge in [-0.25, -0.2) is 8.42 Å². The van der Waals surface area contributed by atoms with E-state index in [-0.39, 0.29) is 16.5 Å². The summed E-state index contributed by atoms with van der Waals surface area (Å²) in [5.74, 6) is -0.556. The lowest BCUT2D eigenvalue weighted by Gasteiger charge is -2.22. The van der Waals surface area contributed by atoms with E-state index >= 15 is 0 Å². The average Bonchev–Trinajstić information content (AvgIpc) is 2.74. The molecule has 0 spiro atoms. The summed E-state index contributed by atoms with van der Waals surface area (Å²) in [6.07, 6.45) is 0. The Balaban J connectivity index is 1.90. The Bertz CT molecular complexity index is 1240. The maximum atomic E-state index is 13.3. The summed E-state index contributed by atoms with van der Waals surface area (Å²) < 4.78 is 27.7. The molecule has 31 heavy (non-hydrogen) atoms. The van der Waals surface area contributed by atoms with Crippen molar-refractivity contribution in [3.05, 3.63) is 94.0 Å². The molecule has 1 amide bonds. The van der Waals surface area contributed by atoms with Crippen molar-refractivity contribution in [2.75, 3.05) is 11.9 Å². The number of hydrogen-bond acceptors (Lipinski definition) is 4. The molecule has 0 atom stereocenters. The number of rotatable bonds is 7. The molecular formula is C22H17Cl2N3O3S. The Kier molecular flexibility index (Phi) is 7.31. The summed E-state index contributed by atoms with van der Waals surface area (Å²) in [7, 11) is -4.12. The molecule has 0 fully saturated rings. The first kappa shape index (κ1) is 22.8. The number of nitrogens with zero attached hydrogens (tertiary/aromatic N) is 2. The minimum atomic E-state index is -4.12. The number of nitriles is 1. The van der Waals surface area contributed by atoms with Crippen molar-refractivity contribution in [1.29, 1.82) is 5.26 Å². The molecule has 158 valence electrons. The Morgan fingerprint density at radius 2 is 1.74 bits per heavy atom. The molecule has 0 radical (unpaired) electrons. The number of nitrogens with one attached hydrogen (secondary N) is 1. The SMILES string of the molecule is N#Cc1cccc(NC(=O)CN(Cc2ccccc2)S(=O)(=O)c2ccc(Cl)cc2Cl)c1. The zero-order valence-electron chi connectivity index (χ0n) is 16.1. The minimum Gasteiger partial charge on any atom is -0.325 e. The van der Waals surface area contributed by atoms with Crippen LogP contribution in [0.4, 0.5) is 5.69 Å². The molecule has 0 aliphatic heterocycles. The van der Waals surface area contributed by atoms with E-state index < -0.39 is 22.5 Å². The van der Waals surface area contributed by atoms with E-state index in [1.807, 2.05) is 12.1 Å². The fourth-order valence-electron chi connectivity index (χ4n) is 2.86. The molecule has 3 rings (SSSR count). The second kappa shape index (κ2) is 9.94. The quantitative estimate of drug-likeness (QED) is 0.538. The van der Waals surface area contributed by atoms with Gasteiger partial charge < -0.3 is 5.32 Å². The lowest BCUT2D eigenvalue weighted by molar-refractivity contribution is -0.116. The summed E-state index contributed by atoms with van der Waals surface area (Å²) in [5.41, 5.74) is 1.47. The summed E-state index contributed by atoms with van der Waals surface area (Å²) >= 11 is 12.0. The molecular weight excluding hydrogens is 457 g/mol. The maximum Gasteiger partial charge on any atom is 0.245 e. The lowest BCUT2D eigenvalue weighted by atomic mass is 10.2. The average molecular weight is 474 g/mol. The van der Waals surface area contributed by atoms with Gasteiger partial charge in [0.15, 0.2) is 0 Å². The van der Waals surface area contributed by atoms with Crippen LogP contribution in [0.25, 0.3) is 0 Å². The normalized spacial score (nSPS) is 11.2. The van der Waals surface area contributed by atoms with Crippen molar-refractivity contribution >= 4 is 44.8 Å². The molecule has 0 aliphatic carbocycles. The van der Waals surface area contributed by atoms with Crippen LogP contribution in [-0.4, -0.2) is 25.2 Å². The summed E-state index contributed by atoms with van der Waals surface area (Å²) in [6, 6.07) is 21.3. The van der Waals surface area contributed by atoms with Crippen LogP contribution in [-0.2, 0) is 21.4 Å². The van der Waals surface area contributed by atoms with E-state index in [0.29, 0.717) is 21.8 Å². The minimum absolute atomic E-state index is 0.0339. The van der Waals surface area contributed by atoms with Crippen LogP contribution in [0.1, 0.15) is 11.1 Å². The molecule has 6 nitrogen and oxygen atoms in total. The first-order chi connectivity index (χ1) is 14.8. The Hall–Kier alpha value is -2.89. The van der Waals surface area contributed by atoms with Gasteiger partial charge in [0, 0.05) is 17.3 Å². The third kappa shape index (κ3) is 5.84. The van der Waals surface area contributed by atoms with Crippen LogP contribution >= 0.6 is 23.2 Å². The third-order valence-corrected chi connectivity index (χ3v) is 6.82. The fourth-order valence-corrected chi connectivity index (χ4v) is 4.99. The molecule has 0 unspecified atom stereocenters. The van der Waals surface area contributed by atoms with Crippen LogP contribution in [0.15, 0.2) is 77.7 Å². The van der Waals surface area contributed by atoms with Crippen molar-refractivity contribution in [2.45, 2.75) is 11.4 Å². The van der Waals surface area contributed by atoms with Gasteiger partial charge in [-0.05, 0) is 42.0 Å². The highest BCUT2D eigenvalue weighted by molar-refractivity contribution is 7.89. The highest BCUT2D eigenvalue weighted by Gasteiger charge is 2.29. The standard InChI is InChI=1S/C22H17Cl2N3O3S/c23-18-9-10-21(20(24)12-18)31(29,30)27(14-16-5-2-1-3-6-16)15-22(28)26-19-8-4-7-17(11-19)13-25/h1-12H,14-15H2,(H,26,28). The van der Waals surface area contributed by atoms with Gasteiger partial charge in [0.25, 0.3) is 0 Å². The monoisotopic (exact) mass is 473 g/mol. The van der Waals surface area contributed by atoms with E-state index in [2.05, 4.69) is 5.32 Å². The molecule has 0 saturated heterocycles. The number of anilines is 1. The first-order valence-corrected chi connectivity index (χ1v) is 11.3.